The molecule has 0 N–H and O–H groups in total. The normalized spacial score (nSPS) is 19.0. The maximum atomic E-state index is 12.4. The fourth-order valence-electron chi connectivity index (χ4n) is 3.23. The van der Waals surface area contributed by atoms with Crippen molar-refractivity contribution in [1.82, 2.24) is 9.96 Å². The van der Waals surface area contributed by atoms with Crippen LogP contribution < -0.4 is 0 Å². The van der Waals surface area contributed by atoms with Crippen LogP contribution in [-0.2, 0) is 9.63 Å². The molecule has 0 saturated carbocycles. The van der Waals surface area contributed by atoms with Crippen molar-refractivity contribution in [3.8, 4) is 0 Å². The van der Waals surface area contributed by atoms with Gasteiger partial charge in [-0.3, -0.25) is 14.5 Å². The third-order valence-electron chi connectivity index (χ3n) is 4.52. The van der Waals surface area contributed by atoms with Crippen LogP contribution in [0.25, 0.3) is 0 Å². The molecule has 2 heterocycles. The van der Waals surface area contributed by atoms with E-state index in [0.717, 1.165) is 0 Å². The summed E-state index contributed by atoms with van der Waals surface area (Å²) in [6.45, 7) is -0.478. The van der Waals surface area contributed by atoms with E-state index in [1.54, 1.807) is 12.1 Å². The number of hydrogen-bond donors (Lipinski definition) is 0. The van der Waals surface area contributed by atoms with Crippen LogP contribution in [-0.4, -0.2) is 53.6 Å². The Hall–Kier alpha value is -2.42. The zero-order valence-corrected chi connectivity index (χ0v) is 13.8. The van der Waals surface area contributed by atoms with E-state index in [9.17, 15) is 27.6 Å². The number of nitrogens with zero attached hydrogens (tertiary/aromatic N) is 2. The molecule has 2 amide bonds. The average Bonchev–Trinajstić information content (AvgIpc) is 2.81. The molecule has 0 atom stereocenters. The number of carbonyl (C=O) groups is 3. The molecule has 1 saturated heterocycles. The van der Waals surface area contributed by atoms with E-state index in [-0.39, 0.29) is 36.6 Å². The van der Waals surface area contributed by atoms with Crippen LogP contribution in [0.5, 0.6) is 0 Å². The van der Waals surface area contributed by atoms with E-state index >= 15 is 0 Å². The van der Waals surface area contributed by atoms with Crippen molar-refractivity contribution in [2.75, 3.05) is 19.6 Å². The van der Waals surface area contributed by atoms with Crippen LogP contribution in [0.15, 0.2) is 24.3 Å². The number of carbonyl (C=O) groups excluding carboxylic acids is 3. The van der Waals surface area contributed by atoms with E-state index in [1.807, 2.05) is 0 Å². The Labute approximate surface area is 147 Å². The molecule has 6 nitrogen and oxygen atoms in total. The predicted molar refractivity (Wildman–Crippen MR) is 82.9 cm³/mol. The first-order chi connectivity index (χ1) is 12.2. The maximum Gasteiger partial charge on any atom is 0.401 e. The number of halogens is 3. The van der Waals surface area contributed by atoms with Crippen molar-refractivity contribution in [3.05, 3.63) is 35.4 Å². The van der Waals surface area contributed by atoms with Crippen molar-refractivity contribution in [1.29, 1.82) is 0 Å². The zero-order valence-electron chi connectivity index (χ0n) is 13.8. The van der Waals surface area contributed by atoms with Crippen molar-refractivity contribution >= 4 is 17.8 Å². The predicted octanol–water partition coefficient (Wildman–Crippen LogP) is 2.41. The van der Waals surface area contributed by atoms with Crippen molar-refractivity contribution < 1.29 is 32.4 Å². The monoisotopic (exact) mass is 370 g/mol. The molecule has 1 aromatic carbocycles. The number of hydrogen-bond acceptors (Lipinski definition) is 5. The largest absolute Gasteiger partial charge is 0.401 e. The molecule has 0 radical (unpaired) electrons. The summed E-state index contributed by atoms with van der Waals surface area (Å²) >= 11 is 0. The minimum absolute atomic E-state index is 0.0484. The van der Waals surface area contributed by atoms with Gasteiger partial charge in [0.05, 0.1) is 24.1 Å². The van der Waals surface area contributed by atoms with E-state index in [4.69, 9.17) is 4.84 Å². The number of fused-ring (bicyclic) bond motifs is 1. The summed E-state index contributed by atoms with van der Waals surface area (Å²) in [5, 5.41) is 0.450. The van der Waals surface area contributed by atoms with Crippen LogP contribution in [0.1, 0.15) is 40.0 Å². The molecule has 0 unspecified atom stereocenters. The van der Waals surface area contributed by atoms with E-state index in [2.05, 4.69) is 0 Å². The molecule has 0 aromatic heterocycles. The fourth-order valence-corrected chi connectivity index (χ4v) is 3.23. The Morgan fingerprint density at radius 1 is 1.08 bits per heavy atom. The summed E-state index contributed by atoms with van der Waals surface area (Å²) in [7, 11) is 0. The Balaban J connectivity index is 1.50. The second-order valence-electron chi connectivity index (χ2n) is 6.45. The molecule has 0 spiro atoms. The highest BCUT2D eigenvalue weighted by atomic mass is 19.4. The molecule has 2 aliphatic rings. The van der Waals surface area contributed by atoms with Gasteiger partial charge in [-0.25, -0.2) is 4.79 Å². The Morgan fingerprint density at radius 3 is 2.12 bits per heavy atom. The van der Waals surface area contributed by atoms with Crippen LogP contribution in [0, 0.1) is 5.92 Å². The van der Waals surface area contributed by atoms with Gasteiger partial charge in [-0.1, -0.05) is 17.2 Å². The summed E-state index contributed by atoms with van der Waals surface area (Å²) in [6.07, 6.45) is -3.44. The summed E-state index contributed by atoms with van der Waals surface area (Å²) < 4.78 is 37.1. The molecule has 3 rings (SSSR count). The Morgan fingerprint density at radius 2 is 1.62 bits per heavy atom. The highest BCUT2D eigenvalue weighted by Gasteiger charge is 2.39. The number of piperidine rings is 1. The summed E-state index contributed by atoms with van der Waals surface area (Å²) in [6, 6.07) is 6.15. The molecule has 0 aliphatic carbocycles. The van der Waals surface area contributed by atoms with Gasteiger partial charge in [-0.2, -0.15) is 13.2 Å². The molecule has 0 bridgehead atoms. The number of alkyl halides is 3. The SMILES string of the molecule is O=C(CC1CCN(CC(F)(F)F)CC1)ON1C(=O)c2ccccc2C1=O. The van der Waals surface area contributed by atoms with Gasteiger partial charge in [-0.15, -0.1) is 0 Å². The fraction of sp³-hybridized carbons (Fsp3) is 0.471. The topological polar surface area (TPSA) is 66.9 Å². The van der Waals surface area contributed by atoms with Crippen LogP contribution in [0.3, 0.4) is 0 Å². The summed E-state index contributed by atoms with van der Waals surface area (Å²) in [5.41, 5.74) is 0.344. The molecule has 1 aromatic rings. The van der Waals surface area contributed by atoms with Gasteiger partial charge in [0, 0.05) is 0 Å². The van der Waals surface area contributed by atoms with Crippen molar-refractivity contribution in [2.24, 2.45) is 5.92 Å². The standard InChI is InChI=1S/C17H17F3N2O4/c18-17(19,20)10-21-7-5-11(6-8-21)9-14(23)26-22-15(24)12-3-1-2-4-13(12)16(22)25/h1-4,11H,5-10H2. The minimum Gasteiger partial charge on any atom is -0.330 e. The quantitative estimate of drug-likeness (QED) is 0.762. The van der Waals surface area contributed by atoms with Crippen molar-refractivity contribution in [2.45, 2.75) is 25.4 Å². The average molecular weight is 370 g/mol. The number of amides is 2. The number of imide groups is 1. The molecule has 1 fully saturated rings. The number of likely N-dealkylation sites (tertiary alicyclic amines) is 1. The summed E-state index contributed by atoms with van der Waals surface area (Å²) in [5.74, 6) is -2.27. The second-order valence-corrected chi connectivity index (χ2v) is 6.45. The Kier molecular flexibility index (Phi) is 4.99. The first-order valence-electron chi connectivity index (χ1n) is 8.22. The van der Waals surface area contributed by atoms with Gasteiger partial charge in [-0.05, 0) is 44.0 Å². The molecule has 2 aliphatic heterocycles. The molecular formula is C17H17F3N2O4. The molecular weight excluding hydrogens is 353 g/mol. The second kappa shape index (κ2) is 7.06. The van der Waals surface area contributed by atoms with Gasteiger partial charge in [0.1, 0.15) is 0 Å². The Bertz CT molecular complexity index is 692. The third-order valence-corrected chi connectivity index (χ3v) is 4.52. The van der Waals surface area contributed by atoms with Crippen LogP contribution in [0.2, 0.25) is 0 Å². The lowest BCUT2D eigenvalue weighted by molar-refractivity contribution is -0.170. The van der Waals surface area contributed by atoms with Gasteiger partial charge >= 0.3 is 12.1 Å². The van der Waals surface area contributed by atoms with E-state index in [0.29, 0.717) is 17.9 Å². The van der Waals surface area contributed by atoms with Gasteiger partial charge < -0.3 is 4.84 Å². The van der Waals surface area contributed by atoms with Crippen molar-refractivity contribution in [3.63, 3.8) is 0 Å². The van der Waals surface area contributed by atoms with Crippen LogP contribution in [0.4, 0.5) is 13.2 Å². The highest BCUT2D eigenvalue weighted by Crippen LogP contribution is 2.26. The van der Waals surface area contributed by atoms with E-state index in [1.165, 1.54) is 17.0 Å². The smallest absolute Gasteiger partial charge is 0.330 e. The minimum atomic E-state index is -4.24. The first kappa shape index (κ1) is 18.4. The van der Waals surface area contributed by atoms with E-state index < -0.39 is 30.5 Å². The third kappa shape index (κ3) is 4.04. The van der Waals surface area contributed by atoms with Gasteiger partial charge in [0.2, 0.25) is 0 Å². The van der Waals surface area contributed by atoms with Gasteiger partial charge in [0.25, 0.3) is 11.8 Å². The zero-order chi connectivity index (χ0) is 18.9. The number of benzene rings is 1. The number of rotatable bonds is 4. The summed E-state index contributed by atoms with van der Waals surface area (Å²) in [4.78, 5) is 42.5. The lowest BCUT2D eigenvalue weighted by atomic mass is 9.94. The van der Waals surface area contributed by atoms with Crippen LogP contribution >= 0.6 is 0 Å². The lowest BCUT2D eigenvalue weighted by Crippen LogP contribution is -2.40. The number of hydroxylamine groups is 2. The lowest BCUT2D eigenvalue weighted by Gasteiger charge is -2.31. The highest BCUT2D eigenvalue weighted by molar-refractivity contribution is 6.20. The van der Waals surface area contributed by atoms with Gasteiger partial charge in [0.15, 0.2) is 0 Å². The molecule has 140 valence electrons. The maximum absolute atomic E-state index is 12.4. The molecule has 9 heteroatoms. The first-order valence-corrected chi connectivity index (χ1v) is 8.22. The molecule has 26 heavy (non-hydrogen) atoms.